The number of aromatic carboxylic acids is 1. The first-order valence-electron chi connectivity index (χ1n) is 7.72. The number of thiazole rings is 1. The Morgan fingerprint density at radius 3 is 2.92 bits per heavy atom. The van der Waals surface area contributed by atoms with Crippen molar-refractivity contribution in [2.45, 2.75) is 13.0 Å². The molecule has 1 unspecified atom stereocenters. The first-order valence-corrected chi connectivity index (χ1v) is 8.53. The highest BCUT2D eigenvalue weighted by Crippen LogP contribution is 2.29. The van der Waals surface area contributed by atoms with E-state index in [-0.39, 0.29) is 30.8 Å². The van der Waals surface area contributed by atoms with Crippen LogP contribution in [0.3, 0.4) is 0 Å². The lowest BCUT2D eigenvalue weighted by Gasteiger charge is -2.29. The molecule has 1 amide bonds. The first-order chi connectivity index (χ1) is 11.9. The average molecular weight is 362 g/mol. The molecule has 0 aliphatic carbocycles. The number of carbonyl (C=O) groups is 2. The maximum absolute atomic E-state index is 11.4. The summed E-state index contributed by atoms with van der Waals surface area (Å²) in [6.45, 7) is 2.65. The predicted molar refractivity (Wildman–Crippen MR) is 92.1 cm³/mol. The van der Waals surface area contributed by atoms with Gasteiger partial charge < -0.3 is 19.5 Å². The molecule has 0 bridgehead atoms. The van der Waals surface area contributed by atoms with Crippen molar-refractivity contribution in [1.82, 2.24) is 9.88 Å². The number of ether oxygens (including phenoxy) is 2. The number of carboxylic acid groups (broad SMARTS) is 1. The third-order valence-electron chi connectivity index (χ3n) is 3.80. The molecule has 7 nitrogen and oxygen atoms in total. The van der Waals surface area contributed by atoms with Crippen LogP contribution in [-0.4, -0.2) is 59.8 Å². The monoisotopic (exact) mass is 362 g/mol. The van der Waals surface area contributed by atoms with E-state index in [1.165, 1.54) is 17.4 Å². The van der Waals surface area contributed by atoms with Gasteiger partial charge in [0.2, 0.25) is 5.91 Å². The van der Waals surface area contributed by atoms with E-state index >= 15 is 0 Å². The average Bonchev–Trinajstić information content (AvgIpc) is 3.02. The molecule has 2 aromatic rings. The number of likely N-dealkylation sites (N-methyl/N-ethyl adjacent to an activating group) is 1. The number of aryl methyl sites for hydroxylation is 1. The van der Waals surface area contributed by atoms with Gasteiger partial charge in [0.15, 0.2) is 0 Å². The molecule has 132 valence electrons. The normalized spacial score (nSPS) is 17.6. The van der Waals surface area contributed by atoms with Gasteiger partial charge in [0.05, 0.1) is 5.56 Å². The lowest BCUT2D eigenvalue weighted by Crippen LogP contribution is -2.46. The number of nitrogens with zero attached hydrogens (tertiary/aromatic N) is 2. The van der Waals surface area contributed by atoms with Crippen LogP contribution in [0.4, 0.5) is 0 Å². The summed E-state index contributed by atoms with van der Waals surface area (Å²) in [5.74, 6) is -0.657. The fraction of sp³-hybridized carbons (Fsp3) is 0.353. The quantitative estimate of drug-likeness (QED) is 0.876. The number of aromatic nitrogens is 1. The molecule has 1 fully saturated rings. The Balaban J connectivity index is 1.77. The van der Waals surface area contributed by atoms with Gasteiger partial charge >= 0.3 is 5.97 Å². The Bertz CT molecular complexity index is 804. The van der Waals surface area contributed by atoms with Crippen molar-refractivity contribution >= 4 is 23.2 Å². The Morgan fingerprint density at radius 1 is 1.48 bits per heavy atom. The second kappa shape index (κ2) is 7.20. The van der Waals surface area contributed by atoms with Crippen molar-refractivity contribution in [3.8, 4) is 16.3 Å². The van der Waals surface area contributed by atoms with Gasteiger partial charge in [-0.15, -0.1) is 11.3 Å². The number of carboxylic acids is 1. The summed E-state index contributed by atoms with van der Waals surface area (Å²) in [6, 6.07) is 4.82. The van der Waals surface area contributed by atoms with Gasteiger partial charge in [0.25, 0.3) is 0 Å². The standard InChI is InChI=1S/C17H18N2O5S/c1-10-6-18-16(25-10)11-3-12(17(21)22)5-13(4-11)23-8-14-7-19(2)15(20)9-24-14/h3-6,14H,7-9H2,1-2H3,(H,21,22). The molecule has 1 aliphatic heterocycles. The van der Waals surface area contributed by atoms with E-state index in [1.54, 1.807) is 30.3 Å². The summed E-state index contributed by atoms with van der Waals surface area (Å²) in [5, 5.41) is 10.1. The lowest BCUT2D eigenvalue weighted by molar-refractivity contribution is -0.148. The fourth-order valence-corrected chi connectivity index (χ4v) is 3.22. The Morgan fingerprint density at radius 2 is 2.28 bits per heavy atom. The van der Waals surface area contributed by atoms with Crippen molar-refractivity contribution in [2.24, 2.45) is 0 Å². The molecule has 1 N–H and O–H groups in total. The Hall–Kier alpha value is -2.45. The molecule has 1 aliphatic rings. The molecule has 2 heterocycles. The van der Waals surface area contributed by atoms with Crippen LogP contribution in [0.1, 0.15) is 15.2 Å². The molecule has 0 radical (unpaired) electrons. The van der Waals surface area contributed by atoms with Crippen molar-refractivity contribution < 1.29 is 24.2 Å². The SMILES string of the molecule is Cc1cnc(-c2cc(OCC3CN(C)C(=O)CO3)cc(C(=O)O)c2)s1. The minimum atomic E-state index is -1.03. The zero-order valence-corrected chi connectivity index (χ0v) is 14.7. The summed E-state index contributed by atoms with van der Waals surface area (Å²) in [5.41, 5.74) is 0.835. The topological polar surface area (TPSA) is 89.0 Å². The molecule has 3 rings (SSSR count). The Labute approximate surface area is 148 Å². The lowest BCUT2D eigenvalue weighted by atomic mass is 10.1. The minimum absolute atomic E-state index is 0.0311. The molecular weight excluding hydrogens is 344 g/mol. The highest BCUT2D eigenvalue weighted by molar-refractivity contribution is 7.14. The van der Waals surface area contributed by atoms with Gasteiger partial charge in [-0.25, -0.2) is 9.78 Å². The molecule has 1 saturated heterocycles. The maximum atomic E-state index is 11.4. The van der Waals surface area contributed by atoms with Crippen LogP contribution in [0.2, 0.25) is 0 Å². The van der Waals surface area contributed by atoms with Crippen molar-refractivity contribution in [1.29, 1.82) is 0 Å². The molecule has 0 saturated carbocycles. The smallest absolute Gasteiger partial charge is 0.335 e. The van der Waals surface area contributed by atoms with Gasteiger partial charge in [-0.05, 0) is 25.1 Å². The van der Waals surface area contributed by atoms with E-state index in [0.29, 0.717) is 17.9 Å². The fourth-order valence-electron chi connectivity index (χ4n) is 2.47. The van der Waals surface area contributed by atoms with Gasteiger partial charge in [-0.1, -0.05) is 0 Å². The van der Waals surface area contributed by atoms with Gasteiger partial charge in [0, 0.05) is 30.2 Å². The number of morpholine rings is 1. The maximum Gasteiger partial charge on any atom is 0.335 e. The van der Waals surface area contributed by atoms with E-state index in [1.807, 2.05) is 6.92 Å². The highest BCUT2D eigenvalue weighted by atomic mass is 32.1. The zero-order chi connectivity index (χ0) is 18.0. The van der Waals surface area contributed by atoms with E-state index < -0.39 is 5.97 Å². The van der Waals surface area contributed by atoms with Crippen molar-refractivity contribution in [3.05, 3.63) is 34.8 Å². The number of carbonyl (C=O) groups excluding carboxylic acids is 1. The number of hydrogen-bond donors (Lipinski definition) is 1. The van der Waals surface area contributed by atoms with Crippen LogP contribution in [0.5, 0.6) is 5.75 Å². The summed E-state index contributed by atoms with van der Waals surface area (Å²) < 4.78 is 11.2. The number of hydrogen-bond acceptors (Lipinski definition) is 6. The van der Waals surface area contributed by atoms with Gasteiger partial charge in [-0.2, -0.15) is 0 Å². The molecular formula is C17H18N2O5S. The molecule has 0 spiro atoms. The molecule has 1 aromatic carbocycles. The van der Waals surface area contributed by atoms with E-state index in [9.17, 15) is 14.7 Å². The molecule has 25 heavy (non-hydrogen) atoms. The highest BCUT2D eigenvalue weighted by Gasteiger charge is 2.24. The van der Waals surface area contributed by atoms with Crippen molar-refractivity contribution in [3.63, 3.8) is 0 Å². The van der Waals surface area contributed by atoms with E-state index in [4.69, 9.17) is 9.47 Å². The van der Waals surface area contributed by atoms with Crippen LogP contribution >= 0.6 is 11.3 Å². The van der Waals surface area contributed by atoms with Crippen LogP contribution in [0, 0.1) is 6.92 Å². The summed E-state index contributed by atoms with van der Waals surface area (Å²) in [4.78, 5) is 29.7. The third-order valence-corrected chi connectivity index (χ3v) is 4.77. The zero-order valence-electron chi connectivity index (χ0n) is 13.9. The largest absolute Gasteiger partial charge is 0.491 e. The second-order valence-corrected chi connectivity index (χ2v) is 7.08. The van der Waals surface area contributed by atoms with E-state index in [2.05, 4.69) is 4.98 Å². The second-order valence-electron chi connectivity index (χ2n) is 5.85. The van der Waals surface area contributed by atoms with Crippen LogP contribution in [0.15, 0.2) is 24.4 Å². The Kier molecular flexibility index (Phi) is 5.00. The van der Waals surface area contributed by atoms with Gasteiger partial charge in [-0.3, -0.25) is 4.79 Å². The predicted octanol–water partition coefficient (Wildman–Crippen LogP) is 2.05. The van der Waals surface area contributed by atoms with Crippen molar-refractivity contribution in [2.75, 3.05) is 26.8 Å². The third kappa shape index (κ3) is 4.15. The number of amides is 1. The number of benzene rings is 1. The summed E-state index contributed by atoms with van der Waals surface area (Å²) in [7, 11) is 1.71. The van der Waals surface area contributed by atoms with Crippen LogP contribution < -0.4 is 4.74 Å². The van der Waals surface area contributed by atoms with Crippen LogP contribution in [-0.2, 0) is 9.53 Å². The summed E-state index contributed by atoms with van der Waals surface area (Å²) >= 11 is 1.49. The molecule has 1 aromatic heterocycles. The molecule has 1 atom stereocenters. The van der Waals surface area contributed by atoms with Gasteiger partial charge in [0.1, 0.15) is 30.1 Å². The number of rotatable bonds is 5. The molecule has 8 heteroatoms. The van der Waals surface area contributed by atoms with E-state index in [0.717, 1.165) is 9.88 Å². The summed E-state index contributed by atoms with van der Waals surface area (Å²) in [6.07, 6.45) is 1.50. The van der Waals surface area contributed by atoms with Crippen LogP contribution in [0.25, 0.3) is 10.6 Å². The minimum Gasteiger partial charge on any atom is -0.491 e. The first kappa shape index (κ1) is 17.4.